The van der Waals surface area contributed by atoms with Gasteiger partial charge < -0.3 is 5.11 Å². The normalized spacial score (nSPS) is 11.2. The SMILES string of the molecule is C=C(CCC(F)=Cc1ccccc1)C(=O)O. The Balaban J connectivity index is 2.53. The molecule has 0 saturated carbocycles. The Bertz CT molecular complexity index is 407. The molecule has 0 heterocycles. The number of carbonyl (C=O) groups is 1. The largest absolute Gasteiger partial charge is 0.478 e. The van der Waals surface area contributed by atoms with Crippen molar-refractivity contribution in [2.24, 2.45) is 0 Å². The van der Waals surface area contributed by atoms with Crippen molar-refractivity contribution in [1.82, 2.24) is 0 Å². The van der Waals surface area contributed by atoms with Gasteiger partial charge in [-0.05, 0) is 18.1 Å². The lowest BCUT2D eigenvalue weighted by Crippen LogP contribution is -1.98. The number of carboxylic acids is 1. The molecular formula is C13H13FO2. The summed E-state index contributed by atoms with van der Waals surface area (Å²) in [6.45, 7) is 3.34. The molecule has 0 unspecified atom stereocenters. The van der Waals surface area contributed by atoms with E-state index >= 15 is 0 Å². The first kappa shape index (κ1) is 12.2. The number of halogens is 1. The Morgan fingerprint density at radius 3 is 2.50 bits per heavy atom. The molecule has 2 nitrogen and oxygen atoms in total. The summed E-state index contributed by atoms with van der Waals surface area (Å²) in [7, 11) is 0. The maximum Gasteiger partial charge on any atom is 0.330 e. The molecule has 1 N–H and O–H groups in total. The molecule has 16 heavy (non-hydrogen) atoms. The quantitative estimate of drug-likeness (QED) is 0.772. The van der Waals surface area contributed by atoms with Crippen LogP contribution >= 0.6 is 0 Å². The second kappa shape index (κ2) is 5.85. The number of hydrogen-bond donors (Lipinski definition) is 1. The summed E-state index contributed by atoms with van der Waals surface area (Å²) in [6.07, 6.45) is 1.60. The van der Waals surface area contributed by atoms with E-state index in [1.807, 2.05) is 18.2 Å². The monoisotopic (exact) mass is 220 g/mol. The number of allylic oxidation sites excluding steroid dienone is 1. The van der Waals surface area contributed by atoms with Crippen LogP contribution in [0.2, 0.25) is 0 Å². The summed E-state index contributed by atoms with van der Waals surface area (Å²) in [5.41, 5.74) is 0.789. The van der Waals surface area contributed by atoms with E-state index in [4.69, 9.17) is 5.11 Å². The topological polar surface area (TPSA) is 37.3 Å². The van der Waals surface area contributed by atoms with Crippen LogP contribution in [0.1, 0.15) is 18.4 Å². The van der Waals surface area contributed by atoms with E-state index in [1.54, 1.807) is 12.1 Å². The minimum absolute atomic E-state index is 0.0246. The molecular weight excluding hydrogens is 207 g/mol. The number of rotatable bonds is 5. The third-order valence-electron chi connectivity index (χ3n) is 2.09. The van der Waals surface area contributed by atoms with Gasteiger partial charge in [-0.2, -0.15) is 0 Å². The average molecular weight is 220 g/mol. The fraction of sp³-hybridized carbons (Fsp3) is 0.154. The minimum Gasteiger partial charge on any atom is -0.478 e. The first-order valence-electron chi connectivity index (χ1n) is 4.92. The third kappa shape index (κ3) is 4.09. The van der Waals surface area contributed by atoms with Gasteiger partial charge in [-0.15, -0.1) is 0 Å². The highest BCUT2D eigenvalue weighted by molar-refractivity contribution is 5.85. The molecule has 0 radical (unpaired) electrons. The fourth-order valence-electron chi connectivity index (χ4n) is 1.18. The molecule has 0 spiro atoms. The first-order chi connectivity index (χ1) is 7.59. The number of carboxylic acid groups (broad SMARTS) is 1. The molecule has 0 saturated heterocycles. The van der Waals surface area contributed by atoms with Gasteiger partial charge in [0, 0.05) is 12.0 Å². The second-order valence-corrected chi connectivity index (χ2v) is 3.41. The van der Waals surface area contributed by atoms with E-state index in [1.165, 1.54) is 6.08 Å². The number of hydrogen-bond acceptors (Lipinski definition) is 1. The third-order valence-corrected chi connectivity index (χ3v) is 2.09. The minimum atomic E-state index is -1.08. The summed E-state index contributed by atoms with van der Waals surface area (Å²) in [6, 6.07) is 9.04. The van der Waals surface area contributed by atoms with Crippen molar-refractivity contribution in [2.45, 2.75) is 12.8 Å². The maximum atomic E-state index is 13.3. The average Bonchev–Trinajstić information content (AvgIpc) is 2.27. The van der Waals surface area contributed by atoms with Crippen molar-refractivity contribution in [2.75, 3.05) is 0 Å². The van der Waals surface area contributed by atoms with Gasteiger partial charge in [-0.1, -0.05) is 36.9 Å². The zero-order chi connectivity index (χ0) is 12.0. The van der Waals surface area contributed by atoms with E-state index in [2.05, 4.69) is 6.58 Å². The van der Waals surface area contributed by atoms with Gasteiger partial charge in [0.15, 0.2) is 0 Å². The predicted octanol–water partition coefficient (Wildman–Crippen LogP) is 3.42. The summed E-state index contributed by atoms with van der Waals surface area (Å²) in [4.78, 5) is 10.4. The molecule has 0 amide bonds. The van der Waals surface area contributed by atoms with Crippen LogP contribution in [-0.4, -0.2) is 11.1 Å². The predicted molar refractivity (Wildman–Crippen MR) is 61.5 cm³/mol. The smallest absolute Gasteiger partial charge is 0.330 e. The van der Waals surface area contributed by atoms with Gasteiger partial charge >= 0.3 is 5.97 Å². The van der Waals surface area contributed by atoms with Gasteiger partial charge in [0.25, 0.3) is 0 Å². The maximum absolute atomic E-state index is 13.3. The highest BCUT2D eigenvalue weighted by Crippen LogP contribution is 2.15. The fourth-order valence-corrected chi connectivity index (χ4v) is 1.18. The van der Waals surface area contributed by atoms with Crippen molar-refractivity contribution >= 4 is 12.0 Å². The van der Waals surface area contributed by atoms with Gasteiger partial charge in [0.2, 0.25) is 0 Å². The molecule has 3 heteroatoms. The van der Waals surface area contributed by atoms with E-state index in [0.29, 0.717) is 0 Å². The Morgan fingerprint density at radius 2 is 1.94 bits per heavy atom. The molecule has 0 aliphatic carbocycles. The summed E-state index contributed by atoms with van der Waals surface area (Å²) in [5.74, 6) is -1.42. The van der Waals surface area contributed by atoms with Crippen LogP contribution in [0.3, 0.4) is 0 Å². The Kier molecular flexibility index (Phi) is 4.45. The van der Waals surface area contributed by atoms with Crippen LogP contribution in [0.4, 0.5) is 4.39 Å². The second-order valence-electron chi connectivity index (χ2n) is 3.41. The van der Waals surface area contributed by atoms with Gasteiger partial charge in [0.05, 0.1) is 0 Å². The molecule has 84 valence electrons. The highest BCUT2D eigenvalue weighted by Gasteiger charge is 2.05. The van der Waals surface area contributed by atoms with Crippen LogP contribution in [0.25, 0.3) is 6.08 Å². The zero-order valence-electron chi connectivity index (χ0n) is 8.82. The standard InChI is InChI=1S/C13H13FO2/c1-10(13(15)16)7-8-12(14)9-11-5-3-2-4-6-11/h2-6,9H,1,7-8H2,(H,15,16). The van der Waals surface area contributed by atoms with Gasteiger partial charge in [-0.3, -0.25) is 0 Å². The summed E-state index contributed by atoms with van der Waals surface area (Å²) in [5, 5.41) is 8.54. The molecule has 0 aliphatic rings. The molecule has 1 aromatic rings. The van der Waals surface area contributed by atoms with E-state index < -0.39 is 5.97 Å². The molecule has 0 bridgehead atoms. The van der Waals surface area contributed by atoms with Crippen molar-refractivity contribution in [3.63, 3.8) is 0 Å². The van der Waals surface area contributed by atoms with Crippen molar-refractivity contribution in [3.8, 4) is 0 Å². The van der Waals surface area contributed by atoms with Crippen LogP contribution in [0.5, 0.6) is 0 Å². The zero-order valence-corrected chi connectivity index (χ0v) is 8.82. The summed E-state index contributed by atoms with van der Waals surface area (Å²) < 4.78 is 13.3. The molecule has 1 rings (SSSR count). The highest BCUT2D eigenvalue weighted by atomic mass is 19.1. The molecule has 0 atom stereocenters. The van der Waals surface area contributed by atoms with Crippen LogP contribution in [0, 0.1) is 0 Å². The van der Waals surface area contributed by atoms with Crippen LogP contribution in [0.15, 0.2) is 48.3 Å². The van der Waals surface area contributed by atoms with Crippen molar-refractivity contribution < 1.29 is 14.3 Å². The van der Waals surface area contributed by atoms with Crippen molar-refractivity contribution in [1.29, 1.82) is 0 Å². The van der Waals surface area contributed by atoms with Crippen LogP contribution in [-0.2, 0) is 4.79 Å². The molecule has 0 aliphatic heterocycles. The van der Waals surface area contributed by atoms with Crippen LogP contribution < -0.4 is 0 Å². The lowest BCUT2D eigenvalue weighted by atomic mass is 10.1. The Hall–Kier alpha value is -1.90. The first-order valence-corrected chi connectivity index (χ1v) is 4.92. The van der Waals surface area contributed by atoms with E-state index in [-0.39, 0.29) is 24.2 Å². The Morgan fingerprint density at radius 1 is 1.31 bits per heavy atom. The van der Waals surface area contributed by atoms with E-state index in [0.717, 1.165) is 5.56 Å². The Labute approximate surface area is 93.7 Å². The summed E-state index contributed by atoms with van der Waals surface area (Å²) >= 11 is 0. The lowest BCUT2D eigenvalue weighted by Gasteiger charge is -1.99. The number of benzene rings is 1. The molecule has 0 fully saturated rings. The lowest BCUT2D eigenvalue weighted by molar-refractivity contribution is -0.132. The van der Waals surface area contributed by atoms with Gasteiger partial charge in [-0.25, -0.2) is 9.18 Å². The number of aliphatic carboxylic acids is 1. The van der Waals surface area contributed by atoms with E-state index in [9.17, 15) is 9.18 Å². The van der Waals surface area contributed by atoms with Crippen molar-refractivity contribution in [3.05, 3.63) is 53.9 Å². The molecule has 1 aromatic carbocycles. The molecule has 0 aromatic heterocycles. The van der Waals surface area contributed by atoms with Gasteiger partial charge in [0.1, 0.15) is 5.83 Å².